The van der Waals surface area contributed by atoms with Gasteiger partial charge in [0.1, 0.15) is 4.90 Å². The van der Waals surface area contributed by atoms with Crippen LogP contribution in [0.25, 0.3) is 0 Å². The fourth-order valence-electron chi connectivity index (χ4n) is 2.37. The fourth-order valence-corrected chi connectivity index (χ4v) is 4.19. The van der Waals surface area contributed by atoms with Gasteiger partial charge in [0.25, 0.3) is 15.0 Å². The molecule has 0 saturated heterocycles. The van der Waals surface area contributed by atoms with E-state index in [1.54, 1.807) is 0 Å². The first-order valence-corrected chi connectivity index (χ1v) is 9.51. The van der Waals surface area contributed by atoms with Crippen molar-refractivity contribution in [3.63, 3.8) is 0 Å². The molecule has 116 valence electrons. The van der Waals surface area contributed by atoms with Gasteiger partial charge < -0.3 is 5.32 Å². The van der Waals surface area contributed by atoms with Crippen LogP contribution in [-0.4, -0.2) is 19.9 Å². The maximum Gasteiger partial charge on any atom is 0.262 e. The van der Waals surface area contributed by atoms with Crippen LogP contribution in [0.4, 0.5) is 0 Å². The smallest absolute Gasteiger partial charge is 0.262 e. The first kappa shape index (κ1) is 16.9. The van der Waals surface area contributed by atoms with Gasteiger partial charge in [0.2, 0.25) is 0 Å². The van der Waals surface area contributed by atoms with Crippen molar-refractivity contribution in [2.45, 2.75) is 43.0 Å². The lowest BCUT2D eigenvalue weighted by atomic mass is 9.74. The molecule has 4 nitrogen and oxygen atoms in total. The number of hydrogen-bond acceptors (Lipinski definition) is 3. The van der Waals surface area contributed by atoms with Crippen molar-refractivity contribution in [3.8, 4) is 0 Å². The van der Waals surface area contributed by atoms with Gasteiger partial charge >= 0.3 is 0 Å². The fraction of sp³-hybridized carbons (Fsp3) is 0.462. The van der Waals surface area contributed by atoms with Gasteiger partial charge in [-0.1, -0.05) is 30.1 Å². The molecule has 0 unspecified atom stereocenters. The molecule has 0 radical (unpaired) electrons. The molecule has 8 heteroatoms. The molecule has 1 fully saturated rings. The van der Waals surface area contributed by atoms with Crippen molar-refractivity contribution < 1.29 is 13.2 Å². The van der Waals surface area contributed by atoms with Gasteiger partial charge in [0, 0.05) is 16.2 Å². The zero-order valence-corrected chi connectivity index (χ0v) is 14.3. The highest BCUT2D eigenvalue weighted by atomic mass is 35.7. The Morgan fingerprint density at radius 2 is 1.90 bits per heavy atom. The zero-order valence-electron chi connectivity index (χ0n) is 11.3. The second-order valence-electron chi connectivity index (χ2n) is 5.14. The Morgan fingerprint density at radius 1 is 1.29 bits per heavy atom. The van der Waals surface area contributed by atoms with Crippen molar-refractivity contribution in [3.05, 3.63) is 27.7 Å². The third-order valence-electron chi connectivity index (χ3n) is 3.90. The SMILES string of the molecule is CCC1(NC(=O)c2cc(S(=O)(=O)Cl)c(Cl)cc2Cl)CCC1. The normalized spacial score (nSPS) is 17.1. The highest BCUT2D eigenvalue weighted by Crippen LogP contribution is 2.36. The standard InChI is InChI=1S/C13H14Cl3NO3S/c1-2-13(4-3-5-13)17-12(18)8-6-11(21(16,19)20)10(15)7-9(8)14/h6-7H,2-5H2,1H3,(H,17,18). The van der Waals surface area contributed by atoms with E-state index in [2.05, 4.69) is 5.32 Å². The number of nitrogens with one attached hydrogen (secondary N) is 1. The number of carbonyl (C=O) groups is 1. The van der Waals surface area contributed by atoms with Crippen molar-refractivity contribution in [1.82, 2.24) is 5.32 Å². The van der Waals surface area contributed by atoms with E-state index in [0.717, 1.165) is 31.7 Å². The van der Waals surface area contributed by atoms with E-state index in [1.807, 2.05) is 6.92 Å². The highest BCUT2D eigenvalue weighted by Gasteiger charge is 2.37. The molecule has 0 spiro atoms. The van der Waals surface area contributed by atoms with Crippen LogP contribution in [0.1, 0.15) is 43.0 Å². The number of benzene rings is 1. The van der Waals surface area contributed by atoms with Gasteiger partial charge in [-0.3, -0.25) is 4.79 Å². The van der Waals surface area contributed by atoms with E-state index in [-0.39, 0.29) is 26.0 Å². The number of amides is 1. The Hall–Kier alpha value is -0.490. The molecular weight excluding hydrogens is 357 g/mol. The maximum absolute atomic E-state index is 12.3. The minimum Gasteiger partial charge on any atom is -0.347 e. The first-order valence-electron chi connectivity index (χ1n) is 6.45. The Bertz CT molecular complexity index is 679. The second kappa shape index (κ2) is 5.95. The molecule has 1 saturated carbocycles. The topological polar surface area (TPSA) is 63.2 Å². The largest absolute Gasteiger partial charge is 0.347 e. The van der Waals surface area contributed by atoms with E-state index in [9.17, 15) is 13.2 Å². The van der Waals surface area contributed by atoms with E-state index in [4.69, 9.17) is 33.9 Å². The molecule has 1 aliphatic carbocycles. The van der Waals surface area contributed by atoms with E-state index in [0.29, 0.717) is 0 Å². The molecule has 1 N–H and O–H groups in total. The summed E-state index contributed by atoms with van der Waals surface area (Å²) in [6, 6.07) is 2.33. The predicted molar refractivity (Wildman–Crippen MR) is 83.8 cm³/mol. The minimum absolute atomic E-state index is 0.0556. The molecule has 21 heavy (non-hydrogen) atoms. The quantitative estimate of drug-likeness (QED) is 0.815. The van der Waals surface area contributed by atoms with Crippen molar-refractivity contribution >= 4 is 48.8 Å². The molecule has 1 aromatic rings. The summed E-state index contributed by atoms with van der Waals surface area (Å²) in [6.45, 7) is 2.00. The molecule has 0 atom stereocenters. The summed E-state index contributed by atoms with van der Waals surface area (Å²) >= 11 is 11.8. The number of hydrogen-bond donors (Lipinski definition) is 1. The lowest BCUT2D eigenvalue weighted by molar-refractivity contribution is 0.0820. The third-order valence-corrected chi connectivity index (χ3v) is 5.99. The molecule has 0 bridgehead atoms. The summed E-state index contributed by atoms with van der Waals surface area (Å²) in [6.07, 6.45) is 3.68. The van der Waals surface area contributed by atoms with Crippen molar-refractivity contribution in [2.75, 3.05) is 0 Å². The number of carbonyl (C=O) groups excluding carboxylic acids is 1. The molecule has 1 aromatic carbocycles. The average molecular weight is 371 g/mol. The summed E-state index contributed by atoms with van der Waals surface area (Å²) in [5.74, 6) is -0.417. The molecule has 1 amide bonds. The molecule has 1 aliphatic rings. The van der Waals surface area contributed by atoms with Gasteiger partial charge in [-0.05, 0) is 37.8 Å². The monoisotopic (exact) mass is 369 g/mol. The van der Waals surface area contributed by atoms with Crippen LogP contribution >= 0.6 is 33.9 Å². The highest BCUT2D eigenvalue weighted by molar-refractivity contribution is 8.13. The first-order chi connectivity index (χ1) is 9.68. The van der Waals surface area contributed by atoms with Gasteiger partial charge in [0.05, 0.1) is 15.6 Å². The van der Waals surface area contributed by atoms with Crippen LogP contribution in [0.15, 0.2) is 17.0 Å². The minimum atomic E-state index is -4.05. The Morgan fingerprint density at radius 3 is 2.33 bits per heavy atom. The number of rotatable bonds is 4. The van der Waals surface area contributed by atoms with Gasteiger partial charge in [-0.2, -0.15) is 0 Å². The molecule has 0 aliphatic heterocycles. The summed E-state index contributed by atoms with van der Waals surface area (Å²) in [7, 11) is 1.26. The Labute approximate surface area is 138 Å². The summed E-state index contributed by atoms with van der Waals surface area (Å²) in [5.41, 5.74) is -0.167. The van der Waals surface area contributed by atoms with Crippen molar-refractivity contribution in [1.29, 1.82) is 0 Å². The third kappa shape index (κ3) is 3.47. The number of halogens is 3. The van der Waals surface area contributed by atoms with Crippen LogP contribution in [0.5, 0.6) is 0 Å². The Balaban J connectivity index is 2.37. The van der Waals surface area contributed by atoms with Gasteiger partial charge in [-0.15, -0.1) is 0 Å². The Kier molecular flexibility index (Phi) is 4.78. The van der Waals surface area contributed by atoms with Crippen LogP contribution in [-0.2, 0) is 9.05 Å². The zero-order chi connectivity index (χ0) is 15.8. The molecule has 0 aromatic heterocycles. The van der Waals surface area contributed by atoms with Crippen LogP contribution in [0.2, 0.25) is 10.0 Å². The summed E-state index contributed by atoms with van der Waals surface area (Å²) < 4.78 is 22.9. The lowest BCUT2D eigenvalue weighted by Crippen LogP contribution is -2.53. The predicted octanol–water partition coefficient (Wildman–Crippen LogP) is 3.98. The summed E-state index contributed by atoms with van der Waals surface area (Å²) in [4.78, 5) is 12.0. The van der Waals surface area contributed by atoms with E-state index >= 15 is 0 Å². The van der Waals surface area contributed by atoms with Crippen molar-refractivity contribution in [2.24, 2.45) is 0 Å². The molecular formula is C13H14Cl3NO3S. The summed E-state index contributed by atoms with van der Waals surface area (Å²) in [5, 5.41) is 2.91. The van der Waals surface area contributed by atoms with Crippen LogP contribution in [0, 0.1) is 0 Å². The van der Waals surface area contributed by atoms with E-state index in [1.165, 1.54) is 6.07 Å². The average Bonchev–Trinajstić information content (AvgIpc) is 2.31. The lowest BCUT2D eigenvalue weighted by Gasteiger charge is -2.42. The molecule has 2 rings (SSSR count). The van der Waals surface area contributed by atoms with Crippen LogP contribution in [0.3, 0.4) is 0 Å². The van der Waals surface area contributed by atoms with Crippen LogP contribution < -0.4 is 5.32 Å². The van der Waals surface area contributed by atoms with Gasteiger partial charge in [-0.25, -0.2) is 8.42 Å². The van der Waals surface area contributed by atoms with Gasteiger partial charge in [0.15, 0.2) is 0 Å². The maximum atomic E-state index is 12.3. The van der Waals surface area contributed by atoms with E-state index < -0.39 is 15.0 Å². The molecule has 0 heterocycles. The second-order valence-corrected chi connectivity index (χ2v) is 8.49.